The molecule has 20 heavy (non-hydrogen) atoms. The van der Waals surface area contributed by atoms with Gasteiger partial charge in [-0.3, -0.25) is 0 Å². The van der Waals surface area contributed by atoms with Crippen LogP contribution >= 0.6 is 0 Å². The molecule has 0 aliphatic heterocycles. The summed E-state index contributed by atoms with van der Waals surface area (Å²) in [5, 5.41) is 12.1. The largest absolute Gasteiger partial charge is 0.496 e. The lowest BCUT2D eigenvalue weighted by Gasteiger charge is -2.17. The van der Waals surface area contributed by atoms with Crippen LogP contribution in [0, 0.1) is 32.1 Å². The lowest BCUT2D eigenvalue weighted by atomic mass is 10.0. The molecule has 0 aliphatic rings. The number of ether oxygens (including phenoxy) is 1. The molecule has 0 atom stereocenters. The maximum Gasteiger partial charge on any atom is 0.145 e. The summed E-state index contributed by atoms with van der Waals surface area (Å²) < 4.78 is 5.35. The van der Waals surface area contributed by atoms with Crippen molar-refractivity contribution in [2.75, 3.05) is 12.4 Å². The number of anilines is 2. The van der Waals surface area contributed by atoms with Gasteiger partial charge in [0.2, 0.25) is 0 Å². The van der Waals surface area contributed by atoms with Crippen LogP contribution in [0.1, 0.15) is 22.4 Å². The Hall–Kier alpha value is -2.61. The zero-order chi connectivity index (χ0) is 14.7. The van der Waals surface area contributed by atoms with E-state index in [1.807, 2.05) is 32.9 Å². The van der Waals surface area contributed by atoms with Gasteiger partial charge in [-0.1, -0.05) is 0 Å². The highest BCUT2D eigenvalue weighted by atomic mass is 16.5. The Kier molecular flexibility index (Phi) is 3.85. The van der Waals surface area contributed by atoms with Crippen molar-refractivity contribution in [1.29, 1.82) is 5.26 Å². The minimum absolute atomic E-state index is 0.336. The molecule has 0 spiro atoms. The average molecular weight is 268 g/mol. The quantitative estimate of drug-likeness (QED) is 0.926. The summed E-state index contributed by atoms with van der Waals surface area (Å²) >= 11 is 0. The van der Waals surface area contributed by atoms with Crippen LogP contribution in [0.25, 0.3) is 0 Å². The third-order valence-electron chi connectivity index (χ3n) is 3.30. The number of aryl methyl sites for hydroxylation is 1. The minimum atomic E-state index is 0.336. The zero-order valence-corrected chi connectivity index (χ0v) is 12.0. The highest BCUT2D eigenvalue weighted by Gasteiger charge is 2.11. The van der Waals surface area contributed by atoms with Gasteiger partial charge in [-0.05, 0) is 43.5 Å². The Morgan fingerprint density at radius 2 is 1.90 bits per heavy atom. The molecule has 2 rings (SSSR count). The van der Waals surface area contributed by atoms with E-state index >= 15 is 0 Å². The van der Waals surface area contributed by atoms with Gasteiger partial charge in [0.15, 0.2) is 0 Å². The Labute approximate surface area is 118 Å². The molecule has 0 saturated heterocycles. The first-order chi connectivity index (χ1) is 9.56. The summed E-state index contributed by atoms with van der Waals surface area (Å²) in [7, 11) is 1.66. The van der Waals surface area contributed by atoms with Crippen molar-refractivity contribution in [3.8, 4) is 11.8 Å². The predicted octanol–water partition coefficient (Wildman–Crippen LogP) is 3.03. The predicted molar refractivity (Wildman–Crippen MR) is 77.2 cm³/mol. The molecule has 1 aromatic heterocycles. The van der Waals surface area contributed by atoms with Crippen LogP contribution in [0.4, 0.5) is 11.5 Å². The van der Waals surface area contributed by atoms with Gasteiger partial charge in [-0.2, -0.15) is 5.26 Å². The molecule has 2 aromatic rings. The summed E-state index contributed by atoms with van der Waals surface area (Å²) in [6.07, 6.45) is 1.38. The summed E-state index contributed by atoms with van der Waals surface area (Å²) in [6.45, 7) is 6.04. The second kappa shape index (κ2) is 5.57. The van der Waals surface area contributed by atoms with Gasteiger partial charge >= 0.3 is 0 Å². The number of hydrogen-bond donors (Lipinski definition) is 1. The van der Waals surface area contributed by atoms with Gasteiger partial charge in [0.25, 0.3) is 0 Å². The molecule has 0 bridgehead atoms. The van der Waals surface area contributed by atoms with Crippen LogP contribution in [0.15, 0.2) is 18.5 Å². The van der Waals surface area contributed by atoms with Crippen LogP contribution in [0.2, 0.25) is 0 Å². The van der Waals surface area contributed by atoms with Crippen LogP contribution in [0.5, 0.6) is 5.75 Å². The number of nitrogens with zero attached hydrogens (tertiary/aromatic N) is 3. The van der Waals surface area contributed by atoms with Crippen molar-refractivity contribution in [3.63, 3.8) is 0 Å². The SMILES string of the molecule is COc1cc(C)c(Nc2cc(C#N)ncn2)c(C)c1C. The van der Waals surface area contributed by atoms with Gasteiger partial charge in [-0.25, -0.2) is 9.97 Å². The molecule has 0 amide bonds. The number of nitrogens with one attached hydrogen (secondary N) is 1. The van der Waals surface area contributed by atoms with Crippen LogP contribution < -0.4 is 10.1 Å². The molecule has 102 valence electrons. The van der Waals surface area contributed by atoms with Gasteiger partial charge in [-0.15, -0.1) is 0 Å². The normalized spacial score (nSPS) is 9.95. The molecule has 1 heterocycles. The minimum Gasteiger partial charge on any atom is -0.496 e. The van der Waals surface area contributed by atoms with E-state index < -0.39 is 0 Å². The fourth-order valence-corrected chi connectivity index (χ4v) is 2.06. The number of methoxy groups -OCH3 is 1. The molecule has 1 N–H and O–H groups in total. The lowest BCUT2D eigenvalue weighted by Crippen LogP contribution is -2.02. The van der Waals surface area contributed by atoms with Crippen LogP contribution in [0.3, 0.4) is 0 Å². The number of aromatic nitrogens is 2. The average Bonchev–Trinajstić information content (AvgIpc) is 2.47. The van der Waals surface area contributed by atoms with Crippen LogP contribution in [-0.2, 0) is 0 Å². The first-order valence-corrected chi connectivity index (χ1v) is 6.20. The highest BCUT2D eigenvalue weighted by molar-refractivity contribution is 5.68. The standard InChI is InChI=1S/C15H16N4O/c1-9-5-13(20-4)10(2)11(3)15(9)19-14-6-12(7-16)17-8-18-14/h5-6,8H,1-4H3,(H,17,18,19). The van der Waals surface area contributed by atoms with Crippen molar-refractivity contribution in [2.45, 2.75) is 20.8 Å². The Morgan fingerprint density at radius 3 is 2.55 bits per heavy atom. The van der Waals surface area contributed by atoms with E-state index in [4.69, 9.17) is 10.00 Å². The van der Waals surface area contributed by atoms with Gasteiger partial charge < -0.3 is 10.1 Å². The van der Waals surface area contributed by atoms with Crippen molar-refractivity contribution >= 4 is 11.5 Å². The lowest BCUT2D eigenvalue weighted by molar-refractivity contribution is 0.411. The van der Waals surface area contributed by atoms with Crippen molar-refractivity contribution < 1.29 is 4.74 Å². The topological polar surface area (TPSA) is 70.8 Å². The van der Waals surface area contributed by atoms with E-state index in [2.05, 4.69) is 15.3 Å². The van der Waals surface area contributed by atoms with Gasteiger partial charge in [0, 0.05) is 11.8 Å². The Morgan fingerprint density at radius 1 is 1.15 bits per heavy atom. The van der Waals surface area contributed by atoms with Gasteiger partial charge in [0.1, 0.15) is 29.7 Å². The Balaban J connectivity index is 2.44. The third-order valence-corrected chi connectivity index (χ3v) is 3.30. The first-order valence-electron chi connectivity index (χ1n) is 6.20. The molecule has 1 aromatic carbocycles. The van der Waals surface area contributed by atoms with E-state index in [0.717, 1.165) is 28.1 Å². The number of hydrogen-bond acceptors (Lipinski definition) is 5. The highest BCUT2D eigenvalue weighted by Crippen LogP contribution is 2.32. The van der Waals surface area contributed by atoms with Crippen molar-refractivity contribution in [1.82, 2.24) is 9.97 Å². The van der Waals surface area contributed by atoms with E-state index in [1.54, 1.807) is 13.2 Å². The van der Waals surface area contributed by atoms with Gasteiger partial charge in [0.05, 0.1) is 7.11 Å². The number of rotatable bonds is 3. The summed E-state index contributed by atoms with van der Waals surface area (Å²) in [5.74, 6) is 1.47. The van der Waals surface area contributed by atoms with Crippen LogP contribution in [-0.4, -0.2) is 17.1 Å². The molecule has 5 heteroatoms. The molecular formula is C15H16N4O. The molecule has 0 aliphatic carbocycles. The molecule has 0 radical (unpaired) electrons. The van der Waals surface area contributed by atoms with E-state index in [-0.39, 0.29) is 0 Å². The first kappa shape index (κ1) is 13.8. The number of benzene rings is 1. The Bertz CT molecular complexity index is 689. The molecular weight excluding hydrogens is 252 g/mol. The summed E-state index contributed by atoms with van der Waals surface area (Å²) in [5.41, 5.74) is 4.55. The van der Waals surface area contributed by atoms with Crippen molar-refractivity contribution in [3.05, 3.63) is 40.8 Å². The second-order valence-corrected chi connectivity index (χ2v) is 4.55. The smallest absolute Gasteiger partial charge is 0.145 e. The maximum atomic E-state index is 8.87. The second-order valence-electron chi connectivity index (χ2n) is 4.55. The molecule has 5 nitrogen and oxygen atoms in total. The van der Waals surface area contributed by atoms with E-state index in [0.29, 0.717) is 11.5 Å². The molecule has 0 unspecified atom stereocenters. The summed E-state index contributed by atoms with van der Waals surface area (Å²) in [4.78, 5) is 7.99. The van der Waals surface area contributed by atoms with Crippen molar-refractivity contribution in [2.24, 2.45) is 0 Å². The summed E-state index contributed by atoms with van der Waals surface area (Å²) in [6, 6.07) is 5.61. The molecule has 0 saturated carbocycles. The fourth-order valence-electron chi connectivity index (χ4n) is 2.06. The van der Waals surface area contributed by atoms with E-state index in [9.17, 15) is 0 Å². The number of nitriles is 1. The van der Waals surface area contributed by atoms with E-state index in [1.165, 1.54) is 6.33 Å². The zero-order valence-electron chi connectivity index (χ0n) is 12.0. The maximum absolute atomic E-state index is 8.87. The molecule has 0 fully saturated rings. The third kappa shape index (κ3) is 2.54. The fraction of sp³-hybridized carbons (Fsp3) is 0.267. The monoisotopic (exact) mass is 268 g/mol.